The largest absolute Gasteiger partial charge is 0.426 e. The highest BCUT2D eigenvalue weighted by molar-refractivity contribution is 7.78. The lowest BCUT2D eigenvalue weighted by atomic mass is 10.2. The van der Waals surface area contributed by atoms with Crippen LogP contribution in [0.15, 0.2) is 36.3 Å². The molecule has 2 aliphatic heterocycles. The van der Waals surface area contributed by atoms with Crippen LogP contribution in [0.4, 0.5) is 4.39 Å². The number of nitrogens with one attached hydrogen (secondary N) is 1. The summed E-state index contributed by atoms with van der Waals surface area (Å²) in [6.07, 6.45) is 1.72. The second-order valence-electron chi connectivity index (χ2n) is 5.89. The Labute approximate surface area is 163 Å². The van der Waals surface area contributed by atoms with E-state index in [9.17, 15) is 9.18 Å². The number of nitrogens with zero attached hydrogens (tertiary/aromatic N) is 1. The fourth-order valence-electron chi connectivity index (χ4n) is 2.67. The molecule has 146 valence electrons. The molecule has 0 saturated carbocycles. The number of rotatable bonds is 7. The minimum absolute atomic E-state index is 0.198. The molecular weight excluding hydrogens is 394 g/mol. The van der Waals surface area contributed by atoms with Crippen LogP contribution in [-0.4, -0.2) is 42.3 Å². The standard InChI is InChI=1S/C17H20FN2O5PS/c1-19-17(21)14(18)8-20(11-27)16-7-6-13(24-16)10-23-26-22-9-12-4-2-3-5-15(12)25-26/h2-5,8,11,13,16H,6-7,9-10H2,1H3,(H,19,21)/b14-8+. The highest BCUT2D eigenvalue weighted by atomic mass is 32.1. The molecule has 1 N–H and O–H groups in total. The van der Waals surface area contributed by atoms with Gasteiger partial charge in [-0.1, -0.05) is 30.4 Å². The van der Waals surface area contributed by atoms with Crippen LogP contribution < -0.4 is 9.84 Å². The van der Waals surface area contributed by atoms with E-state index in [0.29, 0.717) is 19.4 Å². The molecule has 7 nitrogen and oxygen atoms in total. The summed E-state index contributed by atoms with van der Waals surface area (Å²) in [6.45, 7) is 0.732. The van der Waals surface area contributed by atoms with Crippen molar-refractivity contribution in [1.82, 2.24) is 10.2 Å². The van der Waals surface area contributed by atoms with Crippen LogP contribution in [0.25, 0.3) is 0 Å². The summed E-state index contributed by atoms with van der Waals surface area (Å²) < 4.78 is 36.6. The normalized spacial score (nSPS) is 24.7. The van der Waals surface area contributed by atoms with Crippen LogP contribution >= 0.6 is 20.8 Å². The number of fused-ring (bicyclic) bond motifs is 1. The van der Waals surface area contributed by atoms with Gasteiger partial charge >= 0.3 is 8.60 Å². The number of carbonyl (C=O) groups is 1. The summed E-state index contributed by atoms with van der Waals surface area (Å²) in [5.41, 5.74) is 2.24. The van der Waals surface area contributed by atoms with E-state index < -0.39 is 26.6 Å². The van der Waals surface area contributed by atoms with Gasteiger partial charge in [0.2, 0.25) is 5.83 Å². The molecule has 1 aromatic rings. The summed E-state index contributed by atoms with van der Waals surface area (Å²) in [5, 5.41) is 2.21. The topological polar surface area (TPSA) is 69.3 Å². The van der Waals surface area contributed by atoms with Crippen molar-refractivity contribution < 1.29 is 27.5 Å². The van der Waals surface area contributed by atoms with E-state index in [4.69, 9.17) is 30.5 Å². The number of halogens is 1. The third-order valence-corrected chi connectivity index (χ3v) is 5.37. The molecule has 10 heteroatoms. The summed E-state index contributed by atoms with van der Waals surface area (Å²) in [7, 11) is -0.126. The number of amides is 1. The Hall–Kier alpha value is -1.64. The molecule has 27 heavy (non-hydrogen) atoms. The minimum Gasteiger partial charge on any atom is -0.426 e. The molecule has 0 radical (unpaired) electrons. The molecule has 0 aromatic heterocycles. The fourth-order valence-corrected chi connectivity index (χ4v) is 3.92. The predicted molar refractivity (Wildman–Crippen MR) is 101 cm³/mol. The Balaban J connectivity index is 1.48. The quantitative estimate of drug-likeness (QED) is 0.418. The number of hydrogen-bond donors (Lipinski definition) is 1. The van der Waals surface area contributed by atoms with Crippen LogP contribution in [0, 0.1) is 0 Å². The SMILES string of the molecule is CNC(=O)/C(F)=C\N(C=S)C1CCC(COP2OCc3ccccc3O2)O1. The van der Waals surface area contributed by atoms with E-state index in [1.807, 2.05) is 24.3 Å². The van der Waals surface area contributed by atoms with Gasteiger partial charge in [-0.15, -0.1) is 0 Å². The molecule has 1 aromatic carbocycles. The second-order valence-corrected chi connectivity index (χ2v) is 7.25. The first kappa shape index (κ1) is 20.1. The van der Waals surface area contributed by atoms with Gasteiger partial charge in [-0.2, -0.15) is 4.39 Å². The van der Waals surface area contributed by atoms with Gasteiger partial charge in [0.15, 0.2) is 0 Å². The number of ether oxygens (including phenoxy) is 1. The summed E-state index contributed by atoms with van der Waals surface area (Å²) in [6, 6.07) is 7.64. The van der Waals surface area contributed by atoms with Crippen LogP contribution in [0.2, 0.25) is 0 Å². The second kappa shape index (κ2) is 9.52. The number of hydrogen-bond acceptors (Lipinski definition) is 6. The zero-order valence-corrected chi connectivity index (χ0v) is 16.4. The van der Waals surface area contributed by atoms with Crippen molar-refractivity contribution in [2.75, 3.05) is 13.7 Å². The molecule has 1 fully saturated rings. The first-order chi connectivity index (χ1) is 13.1. The maximum absolute atomic E-state index is 13.7. The Kier molecular flexibility index (Phi) is 7.09. The van der Waals surface area contributed by atoms with Crippen molar-refractivity contribution in [3.05, 3.63) is 41.9 Å². The van der Waals surface area contributed by atoms with Crippen molar-refractivity contribution in [2.45, 2.75) is 31.8 Å². The van der Waals surface area contributed by atoms with Crippen LogP contribution in [0.1, 0.15) is 18.4 Å². The van der Waals surface area contributed by atoms with E-state index in [2.05, 4.69) is 5.32 Å². The van der Waals surface area contributed by atoms with E-state index >= 15 is 0 Å². The van der Waals surface area contributed by atoms with Crippen molar-refractivity contribution in [1.29, 1.82) is 0 Å². The maximum atomic E-state index is 13.7. The molecule has 0 bridgehead atoms. The van der Waals surface area contributed by atoms with Gasteiger partial charge in [0.25, 0.3) is 5.91 Å². The highest BCUT2D eigenvalue weighted by Crippen LogP contribution is 2.47. The van der Waals surface area contributed by atoms with E-state index in [1.165, 1.54) is 17.4 Å². The zero-order valence-electron chi connectivity index (χ0n) is 14.7. The summed E-state index contributed by atoms with van der Waals surface area (Å²) in [4.78, 5) is 12.7. The number of para-hydroxylation sites is 1. The van der Waals surface area contributed by atoms with Crippen LogP contribution in [-0.2, 0) is 25.2 Å². The Morgan fingerprint density at radius 1 is 1.48 bits per heavy atom. The average molecular weight is 414 g/mol. The van der Waals surface area contributed by atoms with E-state index in [1.54, 1.807) is 0 Å². The molecule has 1 amide bonds. The molecule has 3 rings (SSSR count). The van der Waals surface area contributed by atoms with Gasteiger partial charge in [0.1, 0.15) is 12.0 Å². The van der Waals surface area contributed by atoms with Gasteiger partial charge in [0, 0.05) is 18.8 Å². The first-order valence-electron chi connectivity index (χ1n) is 8.40. The van der Waals surface area contributed by atoms with Crippen LogP contribution in [0.5, 0.6) is 5.75 Å². The predicted octanol–water partition coefficient (Wildman–Crippen LogP) is 3.16. The molecule has 3 atom stereocenters. The van der Waals surface area contributed by atoms with Gasteiger partial charge in [-0.05, 0) is 18.9 Å². The van der Waals surface area contributed by atoms with E-state index in [-0.39, 0.29) is 12.7 Å². The summed E-state index contributed by atoms with van der Waals surface area (Å²) in [5.74, 6) is -0.987. The zero-order chi connectivity index (χ0) is 19.2. The Bertz CT molecular complexity index is 722. The number of carbonyl (C=O) groups excluding carboxylic acids is 1. The average Bonchev–Trinajstić information content (AvgIpc) is 3.18. The molecular formula is C17H20FN2O5PS. The minimum atomic E-state index is -1.48. The van der Waals surface area contributed by atoms with Crippen LogP contribution in [0.3, 0.4) is 0 Å². The molecule has 1 saturated heterocycles. The maximum Gasteiger partial charge on any atom is 0.397 e. The third kappa shape index (κ3) is 5.21. The molecule has 2 aliphatic rings. The fraction of sp³-hybridized carbons (Fsp3) is 0.412. The Morgan fingerprint density at radius 3 is 3.07 bits per heavy atom. The summed E-state index contributed by atoms with van der Waals surface area (Å²) >= 11 is 4.90. The molecule has 0 spiro atoms. The molecule has 0 aliphatic carbocycles. The third-order valence-electron chi connectivity index (χ3n) is 4.08. The molecule has 2 heterocycles. The van der Waals surface area contributed by atoms with Gasteiger partial charge in [-0.3, -0.25) is 13.8 Å². The molecule has 3 unspecified atom stereocenters. The number of benzene rings is 1. The smallest absolute Gasteiger partial charge is 0.397 e. The number of thiocarbonyl (C=S) groups is 1. The van der Waals surface area contributed by atoms with Gasteiger partial charge in [-0.25, -0.2) is 0 Å². The Morgan fingerprint density at radius 2 is 2.30 bits per heavy atom. The number of likely N-dealkylation sites (N-methyl/N-ethyl adjacent to an activating group) is 1. The van der Waals surface area contributed by atoms with Crippen molar-refractivity contribution in [2.24, 2.45) is 0 Å². The van der Waals surface area contributed by atoms with Gasteiger partial charge < -0.3 is 19.5 Å². The highest BCUT2D eigenvalue weighted by Gasteiger charge is 2.31. The lowest BCUT2D eigenvalue weighted by Crippen LogP contribution is -2.31. The first-order valence-corrected chi connectivity index (χ1v) is 9.97. The van der Waals surface area contributed by atoms with E-state index in [0.717, 1.165) is 17.5 Å². The van der Waals surface area contributed by atoms with Gasteiger partial charge in [0.05, 0.1) is 24.8 Å². The van der Waals surface area contributed by atoms with Crippen molar-refractivity contribution in [3.8, 4) is 5.75 Å². The lowest BCUT2D eigenvalue weighted by molar-refractivity contribution is -0.118. The monoisotopic (exact) mass is 414 g/mol. The van der Waals surface area contributed by atoms with Crippen molar-refractivity contribution in [3.63, 3.8) is 0 Å². The lowest BCUT2D eigenvalue weighted by Gasteiger charge is -2.25. The van der Waals surface area contributed by atoms with Crippen molar-refractivity contribution >= 4 is 32.2 Å².